The van der Waals surface area contributed by atoms with E-state index >= 15 is 0 Å². The summed E-state index contributed by atoms with van der Waals surface area (Å²) in [6.45, 7) is 4.65. The van der Waals surface area contributed by atoms with E-state index in [2.05, 4.69) is 134 Å². The number of aromatic nitrogens is 1. The van der Waals surface area contributed by atoms with E-state index in [-0.39, 0.29) is 11.8 Å². The average Bonchev–Trinajstić information content (AvgIpc) is 3.88. The molecule has 0 aliphatic heterocycles. The molecule has 7 aromatic carbocycles. The molecule has 0 saturated heterocycles. The number of furan rings is 1. The topological polar surface area (TPSA) is 41.3 Å². The summed E-state index contributed by atoms with van der Waals surface area (Å²) in [5, 5.41) is 19.1. The van der Waals surface area contributed by atoms with Crippen molar-refractivity contribution in [3.8, 4) is 17.2 Å². The van der Waals surface area contributed by atoms with Gasteiger partial charge in [-0.2, -0.15) is 5.26 Å². The monoisotopic (exact) mass is 756 g/mol. The molecule has 2 fully saturated rings. The Morgan fingerprint density at radius 1 is 0.542 bits per heavy atom. The lowest BCUT2D eigenvalue weighted by molar-refractivity contribution is 0.166. The molecule has 0 radical (unpaired) electrons. The molecular weight excluding hydrogens is 717 g/mol. The maximum absolute atomic E-state index is 11.2. The minimum Gasteiger partial charge on any atom is -0.456 e. The standard InChI is InChI=1S/C56H40N2O/c1-27-15-16-45-52(39-13-7-8-14-44(39)59-45)46(27)33-23-41-51-43(25-34(26-57)48-49-35-9-3-5-11-37(35)50(54(48)51)38-12-6-4-10-36(38)49)58-55-28(2)17-40-31-19-29-18-30(20-31)22-32(21-29)47(40)53(55)42(24-33)56(41)58/h3-17,23-25,29-32,49-50H,18-22H2,1-2H3. The van der Waals surface area contributed by atoms with E-state index in [4.69, 9.17) is 4.42 Å². The molecule has 7 aliphatic rings. The third-order valence-electron chi connectivity index (χ3n) is 16.2. The van der Waals surface area contributed by atoms with Crippen molar-refractivity contribution in [2.24, 2.45) is 11.8 Å². The molecule has 280 valence electrons. The van der Waals surface area contributed by atoms with Gasteiger partial charge in [-0.1, -0.05) is 78.9 Å². The van der Waals surface area contributed by atoms with Crippen molar-refractivity contribution in [2.45, 2.75) is 69.6 Å². The molecule has 3 heterocycles. The number of para-hydroxylation sites is 1. The number of aryl methyl sites for hydroxylation is 2. The number of nitrogens with zero attached hydrogens (tertiary/aromatic N) is 2. The summed E-state index contributed by atoms with van der Waals surface area (Å²) in [6.07, 6.45) is 6.76. The zero-order chi connectivity index (χ0) is 38.6. The average molecular weight is 757 g/mol. The fourth-order valence-corrected chi connectivity index (χ4v) is 14.5. The van der Waals surface area contributed by atoms with E-state index in [0.29, 0.717) is 11.8 Å². The zero-order valence-electron chi connectivity index (χ0n) is 33.2. The number of hydrogen-bond acceptors (Lipinski definition) is 2. The normalized spacial score (nSPS) is 23.4. The lowest BCUT2D eigenvalue weighted by Gasteiger charge is -2.43. The van der Waals surface area contributed by atoms with E-state index in [1.807, 2.05) is 0 Å². The van der Waals surface area contributed by atoms with Crippen LogP contribution in [-0.2, 0) is 0 Å². The third kappa shape index (κ3) is 3.69. The SMILES string of the molecule is Cc1ccc2oc3ccccc3c2c1-c1cc2c3c4c(c(C#N)cc3n3c5c(C)cc6c(c5c(c1)c23)C1CC2CC(CC6C2)C1)C1c2ccccc2C4c2ccccc21. The summed E-state index contributed by atoms with van der Waals surface area (Å²) in [6, 6.07) is 43.8. The first-order chi connectivity index (χ1) is 29.0. The highest BCUT2D eigenvalue weighted by molar-refractivity contribution is 6.28. The van der Waals surface area contributed by atoms with Gasteiger partial charge in [-0.3, -0.25) is 0 Å². The van der Waals surface area contributed by atoms with Gasteiger partial charge in [-0.15, -0.1) is 0 Å². The number of fused-ring (bicyclic) bond motifs is 9. The van der Waals surface area contributed by atoms with Crippen LogP contribution in [0.15, 0.2) is 114 Å². The summed E-state index contributed by atoms with van der Waals surface area (Å²) in [5.74, 6) is 3.00. The van der Waals surface area contributed by atoms with E-state index in [0.717, 1.165) is 28.6 Å². The predicted molar refractivity (Wildman–Crippen MR) is 238 cm³/mol. The van der Waals surface area contributed by atoms with Gasteiger partial charge in [0.05, 0.1) is 28.2 Å². The van der Waals surface area contributed by atoms with Gasteiger partial charge in [-0.25, -0.2) is 0 Å². The van der Waals surface area contributed by atoms with E-state index in [9.17, 15) is 5.26 Å². The van der Waals surface area contributed by atoms with Crippen LogP contribution in [0.2, 0.25) is 0 Å². The number of nitriles is 1. The van der Waals surface area contributed by atoms with Crippen molar-refractivity contribution in [1.82, 2.24) is 4.40 Å². The highest BCUT2D eigenvalue weighted by Crippen LogP contribution is 2.62. The highest BCUT2D eigenvalue weighted by atomic mass is 16.3. The van der Waals surface area contributed by atoms with Crippen LogP contribution in [0.5, 0.6) is 0 Å². The van der Waals surface area contributed by atoms with Gasteiger partial charge in [0.15, 0.2) is 0 Å². The molecule has 3 heteroatoms. The number of rotatable bonds is 1. The van der Waals surface area contributed by atoms with Crippen molar-refractivity contribution >= 4 is 60.0 Å². The summed E-state index contributed by atoms with van der Waals surface area (Å²) < 4.78 is 9.20. The Balaban J connectivity index is 1.17. The van der Waals surface area contributed by atoms with E-state index in [1.165, 1.54) is 137 Å². The molecule has 2 saturated carbocycles. The molecule has 3 aromatic heterocycles. The van der Waals surface area contributed by atoms with Crippen LogP contribution in [-0.4, -0.2) is 4.40 Å². The molecule has 0 spiro atoms. The van der Waals surface area contributed by atoms with Gasteiger partial charge in [0, 0.05) is 44.2 Å². The number of benzene rings is 7. The first-order valence-electron chi connectivity index (χ1n) is 21.9. The van der Waals surface area contributed by atoms with Gasteiger partial charge in [0.25, 0.3) is 0 Å². The first kappa shape index (κ1) is 31.6. The molecule has 17 rings (SSSR count). The summed E-state index contributed by atoms with van der Waals surface area (Å²) in [5.41, 5.74) is 23.0. The van der Waals surface area contributed by atoms with Crippen molar-refractivity contribution in [3.63, 3.8) is 0 Å². The summed E-state index contributed by atoms with van der Waals surface area (Å²) in [7, 11) is 0. The third-order valence-corrected chi connectivity index (χ3v) is 16.2. The molecule has 0 amide bonds. The molecule has 2 unspecified atom stereocenters. The van der Waals surface area contributed by atoms with Crippen molar-refractivity contribution in [2.75, 3.05) is 0 Å². The molecule has 3 nitrogen and oxygen atoms in total. The maximum Gasteiger partial charge on any atom is 0.136 e. The first-order valence-corrected chi connectivity index (χ1v) is 21.9. The van der Waals surface area contributed by atoms with Crippen LogP contribution >= 0.6 is 0 Å². The Morgan fingerprint density at radius 2 is 1.19 bits per heavy atom. The second-order valence-electron chi connectivity index (χ2n) is 19.1. The van der Waals surface area contributed by atoms with Crippen LogP contribution in [0.25, 0.3) is 71.2 Å². The van der Waals surface area contributed by atoms with Crippen LogP contribution < -0.4 is 0 Å². The zero-order valence-corrected chi connectivity index (χ0v) is 33.2. The smallest absolute Gasteiger partial charge is 0.136 e. The Hall–Kier alpha value is -6.37. The highest BCUT2D eigenvalue weighted by Gasteiger charge is 2.46. The van der Waals surface area contributed by atoms with Crippen LogP contribution in [0.3, 0.4) is 0 Å². The number of hydrogen-bond donors (Lipinski definition) is 0. The Labute approximate surface area is 341 Å². The second-order valence-corrected chi connectivity index (χ2v) is 19.1. The molecule has 10 aromatic rings. The fourth-order valence-electron chi connectivity index (χ4n) is 14.5. The van der Waals surface area contributed by atoms with Crippen molar-refractivity contribution < 1.29 is 4.42 Å². The lowest BCUT2D eigenvalue weighted by Crippen LogP contribution is -2.28. The Morgan fingerprint density at radius 3 is 1.90 bits per heavy atom. The van der Waals surface area contributed by atoms with Gasteiger partial charge in [0.1, 0.15) is 11.2 Å². The van der Waals surface area contributed by atoms with Gasteiger partial charge >= 0.3 is 0 Å². The second kappa shape index (κ2) is 10.6. The predicted octanol–water partition coefficient (Wildman–Crippen LogP) is 14.3. The largest absolute Gasteiger partial charge is 0.456 e. The summed E-state index contributed by atoms with van der Waals surface area (Å²) in [4.78, 5) is 0. The van der Waals surface area contributed by atoms with Gasteiger partial charge < -0.3 is 8.82 Å². The molecule has 6 bridgehead atoms. The van der Waals surface area contributed by atoms with Crippen LogP contribution in [0.1, 0.15) is 117 Å². The van der Waals surface area contributed by atoms with E-state index in [1.54, 1.807) is 11.1 Å². The maximum atomic E-state index is 11.2. The molecule has 59 heavy (non-hydrogen) atoms. The molecule has 0 N–H and O–H groups in total. The summed E-state index contributed by atoms with van der Waals surface area (Å²) >= 11 is 0. The Kier molecular flexibility index (Phi) is 5.69. The lowest BCUT2D eigenvalue weighted by atomic mass is 9.59. The molecular formula is C56H40N2O. The van der Waals surface area contributed by atoms with Crippen LogP contribution in [0.4, 0.5) is 0 Å². The fraction of sp³-hybridized carbons (Fsp3) is 0.232. The minimum atomic E-state index is 0.0225. The Bertz CT molecular complexity index is 3560. The van der Waals surface area contributed by atoms with Crippen molar-refractivity contribution in [1.29, 1.82) is 5.26 Å². The molecule has 2 atom stereocenters. The quantitative estimate of drug-likeness (QED) is 0.167. The van der Waals surface area contributed by atoms with E-state index < -0.39 is 0 Å². The van der Waals surface area contributed by atoms with Gasteiger partial charge in [-0.05, 0) is 167 Å². The van der Waals surface area contributed by atoms with Crippen molar-refractivity contribution in [3.05, 3.63) is 170 Å². The van der Waals surface area contributed by atoms with Gasteiger partial charge in [0.2, 0.25) is 0 Å². The van der Waals surface area contributed by atoms with Crippen LogP contribution in [0, 0.1) is 37.0 Å². The minimum absolute atomic E-state index is 0.0225. The molecule has 7 aliphatic carbocycles.